The Labute approximate surface area is 307 Å². The van der Waals surface area contributed by atoms with E-state index < -0.39 is 0 Å². The highest BCUT2D eigenvalue weighted by atomic mass is 16.3. The predicted octanol–water partition coefficient (Wildman–Crippen LogP) is 11.4. The lowest BCUT2D eigenvalue weighted by molar-refractivity contribution is 0.590. The van der Waals surface area contributed by atoms with Crippen molar-refractivity contribution >= 4 is 79.6 Å². The van der Waals surface area contributed by atoms with Gasteiger partial charge in [0, 0.05) is 28.0 Å². The first-order valence-corrected chi connectivity index (χ1v) is 18.7. The Kier molecular flexibility index (Phi) is 6.09. The minimum Gasteiger partial charge on any atom is -0.468 e. The molecule has 5 heteroatoms. The van der Waals surface area contributed by atoms with Crippen LogP contribution in [0.3, 0.4) is 0 Å². The van der Waals surface area contributed by atoms with Crippen molar-refractivity contribution in [1.82, 2.24) is 0 Å². The van der Waals surface area contributed by atoms with Gasteiger partial charge in [-0.1, -0.05) is 98.7 Å². The van der Waals surface area contributed by atoms with Crippen molar-refractivity contribution in [2.75, 3.05) is 9.80 Å². The Morgan fingerprint density at radius 1 is 0.519 bits per heavy atom. The average molecular weight is 681 g/mol. The number of rotatable bonds is 1. The fourth-order valence-corrected chi connectivity index (χ4v) is 8.88. The quantitative estimate of drug-likeness (QED) is 0.162. The van der Waals surface area contributed by atoms with E-state index in [1.54, 1.807) is 0 Å². The van der Waals surface area contributed by atoms with Gasteiger partial charge in [0.15, 0.2) is 0 Å². The molecule has 0 spiro atoms. The highest BCUT2D eigenvalue weighted by Gasteiger charge is 2.51. The van der Waals surface area contributed by atoms with Crippen LogP contribution in [0.15, 0.2) is 99.8 Å². The molecule has 0 unspecified atom stereocenters. The second-order valence-electron chi connectivity index (χ2n) is 18.4. The SMILES string of the molecule is Cc1cc2c3c(c1)N1c4ccc(C(C)(C)C)cc4-c4cccc5oc(c1c45)B3c1oc3ccc(C(C)(C)C)cc3c1N2c1ccc(C(C)(C)C)cc1. The Morgan fingerprint density at radius 3 is 1.81 bits per heavy atom. The molecule has 0 atom stereocenters. The van der Waals surface area contributed by atoms with Gasteiger partial charge < -0.3 is 18.6 Å². The maximum absolute atomic E-state index is 7.11. The molecule has 5 heterocycles. The molecule has 4 nitrogen and oxygen atoms in total. The number of aryl methyl sites for hydroxylation is 1. The van der Waals surface area contributed by atoms with Crippen molar-refractivity contribution in [3.05, 3.63) is 113 Å². The van der Waals surface area contributed by atoms with Gasteiger partial charge in [-0.05, 0) is 111 Å². The Morgan fingerprint density at radius 2 is 1.12 bits per heavy atom. The number of nitrogens with zero attached hydrogens (tertiary/aromatic N) is 2. The number of fused-ring (bicyclic) bond motifs is 9. The first-order chi connectivity index (χ1) is 24.6. The van der Waals surface area contributed by atoms with Gasteiger partial charge in [0.1, 0.15) is 22.5 Å². The van der Waals surface area contributed by atoms with Gasteiger partial charge in [0.25, 0.3) is 0 Å². The molecular formula is C47H45BN2O2. The minimum absolute atomic E-state index is 0.0151. The topological polar surface area (TPSA) is 32.8 Å². The molecule has 0 amide bonds. The molecule has 0 aliphatic carbocycles. The molecule has 0 saturated carbocycles. The van der Waals surface area contributed by atoms with Gasteiger partial charge in [-0.3, -0.25) is 0 Å². The summed E-state index contributed by atoms with van der Waals surface area (Å²) in [5.41, 5.74) is 19.5. The minimum atomic E-state index is -0.210. The number of benzene rings is 5. The molecule has 0 N–H and O–H groups in total. The van der Waals surface area contributed by atoms with Crippen molar-refractivity contribution in [3.63, 3.8) is 0 Å². The highest BCUT2D eigenvalue weighted by molar-refractivity contribution is 6.99. The molecule has 3 aliphatic rings. The van der Waals surface area contributed by atoms with E-state index in [2.05, 4.69) is 170 Å². The number of furan rings is 2. The van der Waals surface area contributed by atoms with Crippen LogP contribution >= 0.6 is 0 Å². The molecule has 10 rings (SSSR count). The lowest BCUT2D eigenvalue weighted by Crippen LogP contribution is -2.60. The first kappa shape index (κ1) is 31.6. The van der Waals surface area contributed by atoms with Gasteiger partial charge in [-0.25, -0.2) is 0 Å². The molecule has 0 saturated heterocycles. The van der Waals surface area contributed by atoms with E-state index in [9.17, 15) is 0 Å². The van der Waals surface area contributed by atoms with E-state index in [0.29, 0.717) is 0 Å². The van der Waals surface area contributed by atoms with Gasteiger partial charge >= 0.3 is 6.71 Å². The van der Waals surface area contributed by atoms with Crippen LogP contribution in [0.2, 0.25) is 0 Å². The summed E-state index contributed by atoms with van der Waals surface area (Å²) < 4.78 is 14.2. The predicted molar refractivity (Wildman–Crippen MR) is 220 cm³/mol. The Bertz CT molecular complexity index is 2650. The lowest BCUT2D eigenvalue weighted by atomic mass is 9.37. The van der Waals surface area contributed by atoms with Gasteiger partial charge in [-0.2, -0.15) is 0 Å². The fraction of sp³-hybridized carbons (Fsp3) is 0.277. The molecule has 3 aliphatic heterocycles. The monoisotopic (exact) mass is 680 g/mol. The van der Waals surface area contributed by atoms with Crippen LogP contribution in [0.1, 0.15) is 84.6 Å². The first-order valence-electron chi connectivity index (χ1n) is 18.7. The summed E-state index contributed by atoms with van der Waals surface area (Å²) in [6.45, 7) is 22.6. The summed E-state index contributed by atoms with van der Waals surface area (Å²) in [5, 5.41) is 2.31. The summed E-state index contributed by atoms with van der Waals surface area (Å²) in [5.74, 6) is 0. The Balaban J connectivity index is 1.33. The molecular weight excluding hydrogens is 635 g/mol. The van der Waals surface area contributed by atoms with Crippen LogP contribution in [0, 0.1) is 6.92 Å². The normalized spacial score (nSPS) is 14.6. The third kappa shape index (κ3) is 4.22. The van der Waals surface area contributed by atoms with Gasteiger partial charge in [0.2, 0.25) is 0 Å². The molecule has 5 aromatic carbocycles. The summed E-state index contributed by atoms with van der Waals surface area (Å²) >= 11 is 0. The van der Waals surface area contributed by atoms with E-state index in [0.717, 1.165) is 44.9 Å². The third-order valence-corrected chi connectivity index (χ3v) is 11.7. The van der Waals surface area contributed by atoms with Gasteiger partial charge in [0.05, 0.1) is 22.4 Å². The van der Waals surface area contributed by atoms with E-state index in [1.807, 2.05) is 0 Å². The van der Waals surface area contributed by atoms with Crippen LogP contribution in [-0.2, 0) is 16.2 Å². The van der Waals surface area contributed by atoms with Crippen molar-refractivity contribution < 1.29 is 8.83 Å². The van der Waals surface area contributed by atoms with Crippen LogP contribution in [-0.4, -0.2) is 6.71 Å². The van der Waals surface area contributed by atoms with Crippen LogP contribution in [0.5, 0.6) is 0 Å². The molecule has 0 fully saturated rings. The number of anilines is 6. The summed E-state index contributed by atoms with van der Waals surface area (Å²) in [4.78, 5) is 4.96. The molecule has 7 aromatic rings. The van der Waals surface area contributed by atoms with Crippen LogP contribution < -0.4 is 26.6 Å². The zero-order valence-electron chi connectivity index (χ0n) is 31.9. The zero-order valence-corrected chi connectivity index (χ0v) is 31.9. The average Bonchev–Trinajstić information content (AvgIpc) is 3.66. The number of hydrogen-bond acceptors (Lipinski definition) is 4. The van der Waals surface area contributed by atoms with Crippen molar-refractivity contribution in [2.45, 2.75) is 85.5 Å². The van der Waals surface area contributed by atoms with E-state index in [4.69, 9.17) is 8.83 Å². The second kappa shape index (κ2) is 10.0. The van der Waals surface area contributed by atoms with Crippen LogP contribution in [0.25, 0.3) is 33.1 Å². The molecule has 2 aromatic heterocycles. The smallest absolute Gasteiger partial charge is 0.342 e. The lowest BCUT2D eigenvalue weighted by Gasteiger charge is -2.42. The molecule has 258 valence electrons. The van der Waals surface area contributed by atoms with Crippen molar-refractivity contribution in [2.24, 2.45) is 0 Å². The van der Waals surface area contributed by atoms with E-state index >= 15 is 0 Å². The van der Waals surface area contributed by atoms with Crippen LogP contribution in [0.4, 0.5) is 34.1 Å². The third-order valence-electron chi connectivity index (χ3n) is 11.7. The summed E-state index contributed by atoms with van der Waals surface area (Å²) in [6.07, 6.45) is 0. The zero-order chi connectivity index (χ0) is 36.2. The largest absolute Gasteiger partial charge is 0.468 e. The maximum Gasteiger partial charge on any atom is 0.342 e. The molecule has 52 heavy (non-hydrogen) atoms. The fourth-order valence-electron chi connectivity index (χ4n) is 8.88. The van der Waals surface area contributed by atoms with Crippen molar-refractivity contribution in [3.8, 4) is 11.1 Å². The van der Waals surface area contributed by atoms with Crippen molar-refractivity contribution in [1.29, 1.82) is 0 Å². The number of hydrogen-bond donors (Lipinski definition) is 0. The molecule has 0 bridgehead atoms. The maximum atomic E-state index is 7.11. The molecule has 0 radical (unpaired) electrons. The second-order valence-corrected chi connectivity index (χ2v) is 18.4. The standard InChI is InChI=1S/C47H45BN2O2/c1-26-22-35-40-36(23-26)50-34-20-16-28(46(5,6)7)24-32(34)31-12-11-13-38-39(31)42(50)44(52-38)48(40)43-41(33-25-29(47(8,9)10)17-21-37(33)51-43)49(35)30-18-14-27(15-19-30)45(2,3)4/h11-25H,1-10H3. The van der Waals surface area contributed by atoms with Gasteiger partial charge in [-0.15, -0.1) is 0 Å². The highest BCUT2D eigenvalue weighted by Crippen LogP contribution is 2.55. The van der Waals surface area contributed by atoms with E-state index in [-0.39, 0.29) is 23.0 Å². The summed E-state index contributed by atoms with van der Waals surface area (Å²) in [7, 11) is 0. The summed E-state index contributed by atoms with van der Waals surface area (Å²) in [6, 6.07) is 34.2. The Hall–Kier alpha value is -5.16. The van der Waals surface area contributed by atoms with E-state index in [1.165, 1.54) is 61.3 Å².